The van der Waals surface area contributed by atoms with Crippen LogP contribution < -0.4 is 4.74 Å². The molecule has 1 aromatic carbocycles. The van der Waals surface area contributed by atoms with Gasteiger partial charge in [-0.05, 0) is 25.0 Å². The fourth-order valence-electron chi connectivity index (χ4n) is 6.03. The third kappa shape index (κ3) is 4.51. The summed E-state index contributed by atoms with van der Waals surface area (Å²) in [7, 11) is 0. The zero-order chi connectivity index (χ0) is 25.4. The molecule has 184 valence electrons. The van der Waals surface area contributed by atoms with Crippen molar-refractivity contribution < 1.29 is 14.3 Å². The largest absolute Gasteiger partial charge is 0.489 e. The monoisotopic (exact) mass is 495 g/mol. The van der Waals surface area contributed by atoms with Gasteiger partial charge in [-0.25, -0.2) is 15.0 Å². The molecule has 0 unspecified atom stereocenters. The lowest BCUT2D eigenvalue weighted by atomic mass is 9.49. The molecule has 0 spiro atoms. The van der Waals surface area contributed by atoms with E-state index in [1.54, 1.807) is 18.2 Å². The van der Waals surface area contributed by atoms with Crippen molar-refractivity contribution in [3.05, 3.63) is 53.1 Å². The molecule has 2 aromatic rings. The SMILES string of the molecule is CC1(C)C(Oc2ccc(C#N)c(Cl)c2)C(C)(C)C1N(C(=O)c1cncnc1)N1CCC(C=O)CC1. The number of carbonyl (C=O) groups excluding carboxylic acids is 2. The summed E-state index contributed by atoms with van der Waals surface area (Å²) in [5, 5.41) is 13.4. The Hall–Kier alpha value is -3.02. The number of hydrogen-bond donors (Lipinski definition) is 0. The Labute approximate surface area is 210 Å². The highest BCUT2D eigenvalue weighted by Crippen LogP contribution is 2.58. The van der Waals surface area contributed by atoms with E-state index in [0.29, 0.717) is 47.8 Å². The first-order chi connectivity index (χ1) is 16.6. The van der Waals surface area contributed by atoms with Crippen LogP contribution in [0.2, 0.25) is 5.02 Å². The smallest absolute Gasteiger partial charge is 0.271 e. The van der Waals surface area contributed by atoms with E-state index in [-0.39, 0.29) is 24.0 Å². The molecule has 2 aliphatic rings. The van der Waals surface area contributed by atoms with Crippen molar-refractivity contribution in [1.29, 1.82) is 5.26 Å². The Balaban J connectivity index is 1.65. The molecule has 8 nitrogen and oxygen atoms in total. The van der Waals surface area contributed by atoms with Crippen LogP contribution in [0.25, 0.3) is 0 Å². The minimum atomic E-state index is -0.420. The third-order valence-electron chi connectivity index (χ3n) is 7.35. The average molecular weight is 496 g/mol. The van der Waals surface area contributed by atoms with Gasteiger partial charge in [0.25, 0.3) is 5.91 Å². The highest BCUT2D eigenvalue weighted by atomic mass is 35.5. The quantitative estimate of drug-likeness (QED) is 0.555. The van der Waals surface area contributed by atoms with Crippen molar-refractivity contribution in [3.8, 4) is 11.8 Å². The number of aldehydes is 1. The fraction of sp³-hybridized carbons (Fsp3) is 0.500. The second kappa shape index (κ2) is 9.56. The van der Waals surface area contributed by atoms with Gasteiger partial charge in [0.1, 0.15) is 30.5 Å². The molecule has 4 rings (SSSR count). The van der Waals surface area contributed by atoms with Crippen LogP contribution in [0.4, 0.5) is 0 Å². The molecule has 1 aliphatic heterocycles. The van der Waals surface area contributed by atoms with Gasteiger partial charge in [-0.2, -0.15) is 5.26 Å². The van der Waals surface area contributed by atoms with Gasteiger partial charge < -0.3 is 9.53 Å². The van der Waals surface area contributed by atoms with Gasteiger partial charge in [-0.1, -0.05) is 39.3 Å². The van der Waals surface area contributed by atoms with E-state index in [2.05, 4.69) is 48.7 Å². The van der Waals surface area contributed by atoms with Crippen molar-refractivity contribution in [1.82, 2.24) is 20.0 Å². The van der Waals surface area contributed by atoms with E-state index < -0.39 is 10.8 Å². The maximum absolute atomic E-state index is 13.8. The number of aromatic nitrogens is 2. The van der Waals surface area contributed by atoms with E-state index in [9.17, 15) is 9.59 Å². The second-order valence-corrected chi connectivity index (χ2v) is 10.9. The Morgan fingerprint density at radius 1 is 1.20 bits per heavy atom. The molecule has 0 N–H and O–H groups in total. The van der Waals surface area contributed by atoms with Crippen LogP contribution in [0.5, 0.6) is 5.75 Å². The summed E-state index contributed by atoms with van der Waals surface area (Å²) in [4.78, 5) is 33.2. The van der Waals surface area contributed by atoms with Gasteiger partial charge in [0.15, 0.2) is 0 Å². The maximum Gasteiger partial charge on any atom is 0.271 e. The number of ether oxygens (including phenoxy) is 1. The molecule has 0 atom stereocenters. The zero-order valence-electron chi connectivity index (χ0n) is 20.4. The number of carbonyl (C=O) groups is 2. The summed E-state index contributed by atoms with van der Waals surface area (Å²) >= 11 is 6.23. The molecule has 0 bridgehead atoms. The zero-order valence-corrected chi connectivity index (χ0v) is 21.2. The predicted molar refractivity (Wildman–Crippen MR) is 130 cm³/mol. The molecule has 1 aromatic heterocycles. The van der Waals surface area contributed by atoms with E-state index >= 15 is 0 Å². The predicted octanol–water partition coefficient (Wildman–Crippen LogP) is 4.15. The molecule has 35 heavy (non-hydrogen) atoms. The van der Waals surface area contributed by atoms with Crippen molar-refractivity contribution in [3.63, 3.8) is 0 Å². The molecule has 9 heteroatoms. The summed E-state index contributed by atoms with van der Waals surface area (Å²) < 4.78 is 6.43. The van der Waals surface area contributed by atoms with Gasteiger partial charge in [0, 0.05) is 48.3 Å². The number of piperidine rings is 1. The van der Waals surface area contributed by atoms with Gasteiger partial charge in [0.05, 0.1) is 22.2 Å². The first-order valence-electron chi connectivity index (χ1n) is 11.8. The number of amides is 1. The van der Waals surface area contributed by atoms with Crippen molar-refractivity contribution >= 4 is 23.8 Å². The molecule has 1 aliphatic carbocycles. The number of hydrogen-bond acceptors (Lipinski definition) is 7. The number of rotatable bonds is 6. The van der Waals surface area contributed by atoms with Crippen LogP contribution in [0.15, 0.2) is 36.9 Å². The van der Waals surface area contributed by atoms with E-state index in [4.69, 9.17) is 21.6 Å². The minimum Gasteiger partial charge on any atom is -0.489 e. The minimum absolute atomic E-state index is 0.0166. The van der Waals surface area contributed by atoms with E-state index in [1.807, 2.05) is 5.01 Å². The Morgan fingerprint density at radius 2 is 1.83 bits per heavy atom. The number of halogens is 1. The third-order valence-corrected chi connectivity index (χ3v) is 7.66. The Kier molecular flexibility index (Phi) is 6.85. The number of hydrazine groups is 1. The average Bonchev–Trinajstić information content (AvgIpc) is 2.85. The maximum atomic E-state index is 13.8. The summed E-state index contributed by atoms with van der Waals surface area (Å²) in [5.41, 5.74) is -0.0302. The lowest BCUT2D eigenvalue weighted by Crippen LogP contribution is -2.77. The van der Waals surface area contributed by atoms with Crippen LogP contribution in [-0.4, -0.2) is 57.4 Å². The molecule has 2 fully saturated rings. The molecule has 0 radical (unpaired) electrons. The Bertz CT molecular complexity index is 1120. The first-order valence-corrected chi connectivity index (χ1v) is 12.1. The van der Waals surface area contributed by atoms with E-state index in [0.717, 1.165) is 6.29 Å². The van der Waals surface area contributed by atoms with Gasteiger partial charge in [-0.15, -0.1) is 0 Å². The Morgan fingerprint density at radius 3 is 2.37 bits per heavy atom. The molecule has 1 saturated heterocycles. The molecule has 1 saturated carbocycles. The summed E-state index contributed by atoms with van der Waals surface area (Å²) in [6, 6.07) is 6.93. The van der Waals surface area contributed by atoms with Crippen LogP contribution in [0, 0.1) is 28.1 Å². The number of nitrogens with zero attached hydrogens (tertiary/aromatic N) is 5. The van der Waals surface area contributed by atoms with Crippen LogP contribution in [0.1, 0.15) is 56.5 Å². The summed E-state index contributed by atoms with van der Waals surface area (Å²) in [6.07, 6.45) is 6.67. The molecule has 2 heterocycles. The van der Waals surface area contributed by atoms with Crippen LogP contribution in [0.3, 0.4) is 0 Å². The lowest BCUT2D eigenvalue weighted by molar-refractivity contribution is -0.240. The lowest BCUT2D eigenvalue weighted by Gasteiger charge is -2.67. The number of nitriles is 1. The summed E-state index contributed by atoms with van der Waals surface area (Å²) in [5.74, 6) is 0.434. The molecular formula is C26H30ClN5O3. The molecular weight excluding hydrogens is 466 g/mol. The van der Waals surface area contributed by atoms with Gasteiger partial charge >= 0.3 is 0 Å². The van der Waals surface area contributed by atoms with Crippen molar-refractivity contribution in [2.24, 2.45) is 16.7 Å². The fourth-order valence-corrected chi connectivity index (χ4v) is 6.24. The second-order valence-electron chi connectivity index (χ2n) is 10.5. The standard InChI is InChI=1S/C26H30ClN5O3/c1-25(2)23(26(3,4)24(25)35-20-6-5-18(12-28)21(27)11-20)32(22(34)19-13-29-16-30-14-19)31-9-7-17(15-33)8-10-31/h5-6,11,13-17,23-24H,7-10H2,1-4H3. The first kappa shape index (κ1) is 25.1. The topological polar surface area (TPSA) is 99.4 Å². The van der Waals surface area contributed by atoms with Crippen LogP contribution >= 0.6 is 11.6 Å². The molecule has 1 amide bonds. The van der Waals surface area contributed by atoms with Gasteiger partial charge in [0.2, 0.25) is 0 Å². The highest BCUT2D eigenvalue weighted by molar-refractivity contribution is 6.31. The highest BCUT2D eigenvalue weighted by Gasteiger charge is 2.67. The normalized spacial score (nSPS) is 23.5. The van der Waals surface area contributed by atoms with E-state index in [1.165, 1.54) is 18.7 Å². The summed E-state index contributed by atoms with van der Waals surface area (Å²) in [6.45, 7) is 9.61. The van der Waals surface area contributed by atoms with Gasteiger partial charge in [-0.3, -0.25) is 9.80 Å². The van der Waals surface area contributed by atoms with Crippen molar-refractivity contribution in [2.45, 2.75) is 52.7 Å². The van der Waals surface area contributed by atoms with Crippen molar-refractivity contribution in [2.75, 3.05) is 13.1 Å². The number of benzene rings is 1. The van der Waals surface area contributed by atoms with Crippen LogP contribution in [-0.2, 0) is 4.79 Å².